The molecule has 0 bridgehead atoms. The highest BCUT2D eigenvalue weighted by Crippen LogP contribution is 2.45. The van der Waals surface area contributed by atoms with Gasteiger partial charge in [0, 0.05) is 28.0 Å². The molecule has 0 radical (unpaired) electrons. The second-order valence-electron chi connectivity index (χ2n) is 9.06. The van der Waals surface area contributed by atoms with Gasteiger partial charge < -0.3 is 14.4 Å². The van der Waals surface area contributed by atoms with Crippen molar-refractivity contribution in [2.45, 2.75) is 37.8 Å². The van der Waals surface area contributed by atoms with Crippen LogP contribution in [0, 0.1) is 0 Å². The Balaban J connectivity index is 1.68. The van der Waals surface area contributed by atoms with Gasteiger partial charge in [0.15, 0.2) is 21.6 Å². The quantitative estimate of drug-likeness (QED) is 0.318. The van der Waals surface area contributed by atoms with Crippen LogP contribution in [0.2, 0.25) is 5.02 Å². The van der Waals surface area contributed by atoms with Gasteiger partial charge >= 0.3 is 10.1 Å². The Morgan fingerprint density at radius 1 is 1.14 bits per heavy atom. The van der Waals surface area contributed by atoms with Crippen molar-refractivity contribution < 1.29 is 31.2 Å². The van der Waals surface area contributed by atoms with Crippen LogP contribution in [0.25, 0.3) is 21.3 Å². The monoisotopic (exact) mass is 582 g/mol. The van der Waals surface area contributed by atoms with Gasteiger partial charge in [-0.1, -0.05) is 23.7 Å². The van der Waals surface area contributed by atoms with E-state index >= 15 is 0 Å². The first-order chi connectivity index (χ1) is 17.4. The van der Waals surface area contributed by atoms with E-state index < -0.39 is 25.2 Å². The number of rotatable bonds is 6. The number of aromatic nitrogens is 2. The number of aromatic hydroxyl groups is 2. The summed E-state index contributed by atoms with van der Waals surface area (Å²) >= 11 is 8.19. The molecule has 0 aliphatic carbocycles. The Kier molecular flexibility index (Phi) is 6.42. The fourth-order valence-electron chi connectivity index (χ4n) is 4.21. The highest BCUT2D eigenvalue weighted by Gasteiger charge is 2.29. The fourth-order valence-corrected chi connectivity index (χ4v) is 8.14. The molecule has 0 amide bonds. The maximum absolute atomic E-state index is 12.3. The minimum absolute atomic E-state index is 0.0234. The van der Waals surface area contributed by atoms with Gasteiger partial charge in [-0.2, -0.15) is 8.42 Å². The van der Waals surface area contributed by atoms with Gasteiger partial charge in [-0.15, -0.1) is 11.3 Å². The number of thiophene rings is 1. The Labute approximate surface area is 223 Å². The summed E-state index contributed by atoms with van der Waals surface area (Å²) in [5.41, 5.74) is 2.51. The zero-order valence-corrected chi connectivity index (χ0v) is 23.0. The van der Waals surface area contributed by atoms with Gasteiger partial charge in [-0.25, -0.2) is 13.4 Å². The van der Waals surface area contributed by atoms with E-state index in [0.29, 0.717) is 32.9 Å². The average molecular weight is 583 g/mol. The number of sulfone groups is 1. The van der Waals surface area contributed by atoms with Crippen molar-refractivity contribution >= 4 is 53.1 Å². The number of hydrogen-bond donors (Lipinski definition) is 2. The highest BCUT2D eigenvalue weighted by molar-refractivity contribution is 7.90. The van der Waals surface area contributed by atoms with E-state index in [9.17, 15) is 27.0 Å². The third kappa shape index (κ3) is 4.78. The fraction of sp³-hybridized carbons (Fsp3) is 0.292. The Morgan fingerprint density at radius 2 is 1.78 bits per heavy atom. The summed E-state index contributed by atoms with van der Waals surface area (Å²) < 4.78 is 55.4. The second-order valence-corrected chi connectivity index (χ2v) is 14.8. The first-order valence-electron chi connectivity index (χ1n) is 11.3. The SMILES string of the molecule is CC(C)S(=O)(=O)Oc1ccc(-c2c(Cl)c(Cn3c(O)ccc3O)nc3sc4c(c23)CCS(=O)(=O)C4)cc1. The van der Waals surface area contributed by atoms with Gasteiger partial charge in [0.2, 0.25) is 0 Å². The van der Waals surface area contributed by atoms with Crippen LogP contribution in [0.15, 0.2) is 36.4 Å². The third-order valence-electron chi connectivity index (χ3n) is 6.22. The number of halogens is 1. The van der Waals surface area contributed by atoms with Crippen LogP contribution in [-0.4, -0.2) is 47.6 Å². The van der Waals surface area contributed by atoms with Crippen molar-refractivity contribution in [3.05, 3.63) is 57.6 Å². The van der Waals surface area contributed by atoms with Crippen molar-refractivity contribution in [2.24, 2.45) is 0 Å². The van der Waals surface area contributed by atoms with Crippen molar-refractivity contribution in [2.75, 3.05) is 5.75 Å². The van der Waals surface area contributed by atoms with Crippen LogP contribution in [0.1, 0.15) is 30.0 Å². The van der Waals surface area contributed by atoms with Gasteiger partial charge in [-0.3, -0.25) is 4.57 Å². The van der Waals surface area contributed by atoms with E-state index in [1.807, 2.05) is 0 Å². The van der Waals surface area contributed by atoms with Crippen molar-refractivity contribution in [3.8, 4) is 28.6 Å². The summed E-state index contributed by atoms with van der Waals surface area (Å²) in [7, 11) is -6.99. The number of nitrogens with zero attached hydrogens (tertiary/aromatic N) is 2. The van der Waals surface area contributed by atoms with Gasteiger partial charge in [0.25, 0.3) is 0 Å². The number of hydrogen-bond acceptors (Lipinski definition) is 9. The molecule has 1 aromatic carbocycles. The zero-order chi connectivity index (χ0) is 26.7. The minimum atomic E-state index is -3.77. The summed E-state index contributed by atoms with van der Waals surface area (Å²) in [6, 6.07) is 9.13. The molecule has 4 aromatic rings. The number of benzene rings is 1. The molecule has 3 aromatic heterocycles. The average Bonchev–Trinajstić information content (AvgIpc) is 3.32. The molecule has 1 aliphatic rings. The molecule has 0 saturated carbocycles. The molecule has 9 nitrogen and oxygen atoms in total. The Morgan fingerprint density at radius 3 is 2.41 bits per heavy atom. The number of aryl methyl sites for hydroxylation is 1. The molecule has 0 spiro atoms. The predicted octanol–water partition coefficient (Wildman–Crippen LogP) is 4.47. The van der Waals surface area contributed by atoms with Crippen LogP contribution in [0.3, 0.4) is 0 Å². The summed E-state index contributed by atoms with van der Waals surface area (Å²) in [6.07, 6.45) is 0.328. The van der Waals surface area contributed by atoms with Crippen LogP contribution >= 0.6 is 22.9 Å². The van der Waals surface area contributed by atoms with Crippen LogP contribution < -0.4 is 4.18 Å². The maximum atomic E-state index is 12.3. The summed E-state index contributed by atoms with van der Waals surface area (Å²) in [5, 5.41) is 20.6. The van der Waals surface area contributed by atoms with Gasteiger partial charge in [-0.05, 0) is 43.5 Å². The normalized spacial score (nSPS) is 15.2. The van der Waals surface area contributed by atoms with Crippen LogP contribution in [-0.2, 0) is 38.7 Å². The van der Waals surface area contributed by atoms with Crippen molar-refractivity contribution in [3.63, 3.8) is 0 Å². The van der Waals surface area contributed by atoms with E-state index in [1.165, 1.54) is 54.0 Å². The van der Waals surface area contributed by atoms with Crippen LogP contribution in [0.5, 0.6) is 17.5 Å². The summed E-state index contributed by atoms with van der Waals surface area (Å²) in [6.45, 7) is 3.03. The molecule has 1 aliphatic heterocycles. The van der Waals surface area contributed by atoms with Gasteiger partial charge in [0.05, 0.1) is 34.0 Å². The number of fused-ring (bicyclic) bond motifs is 3. The lowest BCUT2D eigenvalue weighted by atomic mass is 9.97. The lowest BCUT2D eigenvalue weighted by Crippen LogP contribution is -2.19. The molecule has 0 atom stereocenters. The predicted molar refractivity (Wildman–Crippen MR) is 143 cm³/mol. The molecular weight excluding hydrogens is 560 g/mol. The van der Waals surface area contributed by atoms with Crippen LogP contribution in [0.4, 0.5) is 0 Å². The molecule has 196 valence electrons. The molecule has 2 N–H and O–H groups in total. The van der Waals surface area contributed by atoms with Gasteiger partial charge in [0.1, 0.15) is 10.6 Å². The third-order valence-corrected chi connectivity index (χ3v) is 11.1. The lowest BCUT2D eigenvalue weighted by Gasteiger charge is -2.16. The Bertz CT molecular complexity index is 1720. The molecule has 0 unspecified atom stereocenters. The second kappa shape index (κ2) is 9.19. The van der Waals surface area contributed by atoms with E-state index in [4.69, 9.17) is 20.8 Å². The Hall–Kier alpha value is -2.80. The van der Waals surface area contributed by atoms with E-state index in [1.54, 1.807) is 12.1 Å². The summed E-state index contributed by atoms with van der Waals surface area (Å²) in [4.78, 5) is 6.00. The highest BCUT2D eigenvalue weighted by atomic mass is 35.5. The molecule has 4 heterocycles. The van der Waals surface area contributed by atoms with E-state index in [2.05, 4.69) is 0 Å². The molecule has 0 fully saturated rings. The molecule has 13 heteroatoms. The molecular formula is C24H23ClN2O7S3. The van der Waals surface area contributed by atoms with E-state index in [-0.39, 0.29) is 40.6 Å². The largest absolute Gasteiger partial charge is 0.494 e. The molecule has 5 rings (SSSR count). The zero-order valence-electron chi connectivity index (χ0n) is 19.8. The lowest BCUT2D eigenvalue weighted by molar-refractivity contribution is 0.376. The van der Waals surface area contributed by atoms with Crippen molar-refractivity contribution in [1.29, 1.82) is 0 Å². The maximum Gasteiger partial charge on any atom is 0.311 e. The molecule has 0 saturated heterocycles. The minimum Gasteiger partial charge on any atom is -0.494 e. The van der Waals surface area contributed by atoms with E-state index in [0.717, 1.165) is 10.9 Å². The standard InChI is InChI=1S/C24H23ClN2O7S3/c1-13(2)37(32,33)34-15-5-3-14(4-6-15)21-22-16-9-10-36(30,31)12-18(16)35-24(22)26-17(23(21)25)11-27-19(28)7-8-20(27)29/h3-8,13,28-29H,9-12H2,1-2H3. The first kappa shape index (κ1) is 25.8. The number of pyridine rings is 1. The smallest absolute Gasteiger partial charge is 0.311 e. The topological polar surface area (TPSA) is 136 Å². The summed E-state index contributed by atoms with van der Waals surface area (Å²) in [5.74, 6) is -0.229. The molecule has 37 heavy (non-hydrogen) atoms. The van der Waals surface area contributed by atoms with Crippen molar-refractivity contribution in [1.82, 2.24) is 9.55 Å². The first-order valence-corrected chi connectivity index (χ1v) is 15.8.